The quantitative estimate of drug-likeness (QED) is 0.377. The maximum Gasteiger partial charge on any atom is 0.264 e. The van der Waals surface area contributed by atoms with Gasteiger partial charge in [0.05, 0.1) is 10.6 Å². The fourth-order valence-electron chi connectivity index (χ4n) is 3.98. The lowest BCUT2D eigenvalue weighted by Crippen LogP contribution is -2.53. The summed E-state index contributed by atoms with van der Waals surface area (Å²) in [6.45, 7) is 5.48. The lowest BCUT2D eigenvalue weighted by atomic mass is 10.1. The van der Waals surface area contributed by atoms with Crippen LogP contribution in [0.5, 0.6) is 0 Å². The second-order valence-electron chi connectivity index (χ2n) is 8.91. The molecule has 3 rings (SSSR count). The first-order chi connectivity index (χ1) is 17.8. The van der Waals surface area contributed by atoms with Crippen LogP contribution in [0.2, 0.25) is 0 Å². The molecule has 0 saturated heterocycles. The minimum atomic E-state index is -4.05. The average molecular weight is 522 g/mol. The summed E-state index contributed by atoms with van der Waals surface area (Å²) in [5.41, 5.74) is 1.22. The number of sulfonamides is 1. The number of hydrogen-bond acceptors (Lipinski definition) is 4. The van der Waals surface area contributed by atoms with Gasteiger partial charge in [-0.05, 0) is 49.6 Å². The zero-order valence-corrected chi connectivity index (χ0v) is 22.4. The molecule has 3 aromatic carbocycles. The molecule has 2 amide bonds. The summed E-state index contributed by atoms with van der Waals surface area (Å²) < 4.78 is 28.5. The monoisotopic (exact) mass is 521 g/mol. The standard InChI is InChI=1S/C29H35N3O4S/c1-4-23(3)30-29(34)27(5-2)31(21-24-15-9-6-10-16-24)28(33)22-32(25-17-11-7-12-18-25)37(35,36)26-19-13-8-14-20-26/h6-20,23,27H,4-5,21-22H2,1-3H3,(H,30,34)/t23-,27+/m0/s1. The van der Waals surface area contributed by atoms with Gasteiger partial charge in [-0.3, -0.25) is 13.9 Å². The van der Waals surface area contributed by atoms with E-state index in [1.165, 1.54) is 17.0 Å². The maximum absolute atomic E-state index is 13.9. The molecule has 8 heteroatoms. The van der Waals surface area contributed by atoms with E-state index in [0.29, 0.717) is 12.1 Å². The number of amides is 2. The van der Waals surface area contributed by atoms with E-state index >= 15 is 0 Å². The summed E-state index contributed by atoms with van der Waals surface area (Å²) in [5.74, 6) is -0.711. The minimum Gasteiger partial charge on any atom is -0.352 e. The summed E-state index contributed by atoms with van der Waals surface area (Å²) in [6.07, 6.45) is 1.14. The Bertz CT molecular complexity index is 1250. The Morgan fingerprint density at radius 2 is 1.35 bits per heavy atom. The van der Waals surface area contributed by atoms with E-state index in [0.717, 1.165) is 16.3 Å². The molecule has 0 aliphatic heterocycles. The van der Waals surface area contributed by atoms with E-state index in [1.807, 2.05) is 51.1 Å². The van der Waals surface area contributed by atoms with Crippen molar-refractivity contribution >= 4 is 27.5 Å². The largest absolute Gasteiger partial charge is 0.352 e. The first kappa shape index (κ1) is 27.9. The van der Waals surface area contributed by atoms with Crippen molar-refractivity contribution in [1.82, 2.24) is 10.2 Å². The highest BCUT2D eigenvalue weighted by molar-refractivity contribution is 7.92. The topological polar surface area (TPSA) is 86.8 Å². The predicted molar refractivity (Wildman–Crippen MR) is 146 cm³/mol. The summed E-state index contributed by atoms with van der Waals surface area (Å²) in [5, 5.41) is 2.98. The third-order valence-electron chi connectivity index (χ3n) is 6.24. The first-order valence-electron chi connectivity index (χ1n) is 12.5. The van der Waals surface area contributed by atoms with Gasteiger partial charge in [-0.15, -0.1) is 0 Å². The number of nitrogens with zero attached hydrogens (tertiary/aromatic N) is 2. The third kappa shape index (κ3) is 7.20. The first-order valence-corrected chi connectivity index (χ1v) is 14.0. The lowest BCUT2D eigenvalue weighted by Gasteiger charge is -2.33. The zero-order chi connectivity index (χ0) is 26.8. The SMILES string of the molecule is CC[C@H](C(=O)N[C@@H](C)CC)N(Cc1ccccc1)C(=O)CN(c1ccccc1)S(=O)(=O)c1ccccc1. The number of carbonyl (C=O) groups excluding carboxylic acids is 2. The van der Waals surface area contributed by atoms with Crippen molar-refractivity contribution in [3.8, 4) is 0 Å². The van der Waals surface area contributed by atoms with E-state index < -0.39 is 28.5 Å². The molecule has 3 aromatic rings. The highest BCUT2D eigenvalue weighted by Crippen LogP contribution is 2.24. The van der Waals surface area contributed by atoms with Gasteiger partial charge in [0.1, 0.15) is 12.6 Å². The highest BCUT2D eigenvalue weighted by Gasteiger charge is 2.33. The molecule has 0 aromatic heterocycles. The zero-order valence-electron chi connectivity index (χ0n) is 21.6. The Balaban J connectivity index is 2.00. The average Bonchev–Trinajstić information content (AvgIpc) is 2.92. The van der Waals surface area contributed by atoms with E-state index in [2.05, 4.69) is 5.32 Å². The predicted octanol–water partition coefficient (Wildman–Crippen LogP) is 4.60. The molecule has 37 heavy (non-hydrogen) atoms. The van der Waals surface area contributed by atoms with Crippen LogP contribution in [-0.2, 0) is 26.2 Å². The maximum atomic E-state index is 13.9. The Kier molecular flexibility index (Phi) is 9.85. The van der Waals surface area contributed by atoms with Gasteiger partial charge in [0.25, 0.3) is 10.0 Å². The van der Waals surface area contributed by atoms with Crippen LogP contribution < -0.4 is 9.62 Å². The van der Waals surface area contributed by atoms with Gasteiger partial charge >= 0.3 is 0 Å². The van der Waals surface area contributed by atoms with Crippen LogP contribution in [0, 0.1) is 0 Å². The van der Waals surface area contributed by atoms with Crippen molar-refractivity contribution < 1.29 is 18.0 Å². The molecule has 1 N–H and O–H groups in total. The van der Waals surface area contributed by atoms with Gasteiger partial charge in [-0.2, -0.15) is 0 Å². The molecule has 2 atom stereocenters. The van der Waals surface area contributed by atoms with Crippen molar-refractivity contribution in [2.45, 2.75) is 57.1 Å². The van der Waals surface area contributed by atoms with E-state index in [4.69, 9.17) is 0 Å². The van der Waals surface area contributed by atoms with E-state index in [1.54, 1.807) is 48.5 Å². The molecule has 0 aliphatic rings. The molecular weight excluding hydrogens is 486 g/mol. The number of nitrogens with one attached hydrogen (secondary N) is 1. The van der Waals surface area contributed by atoms with Crippen molar-refractivity contribution in [3.05, 3.63) is 96.6 Å². The fraction of sp³-hybridized carbons (Fsp3) is 0.310. The minimum absolute atomic E-state index is 0.0468. The van der Waals surface area contributed by atoms with Gasteiger partial charge in [0, 0.05) is 12.6 Å². The molecule has 0 aliphatic carbocycles. The highest BCUT2D eigenvalue weighted by atomic mass is 32.2. The number of anilines is 1. The van der Waals surface area contributed by atoms with Crippen LogP contribution in [0.15, 0.2) is 95.9 Å². The van der Waals surface area contributed by atoms with Gasteiger partial charge in [-0.1, -0.05) is 80.6 Å². The number of benzene rings is 3. The van der Waals surface area contributed by atoms with Crippen LogP contribution in [0.25, 0.3) is 0 Å². The molecule has 0 heterocycles. The van der Waals surface area contributed by atoms with Crippen molar-refractivity contribution in [2.24, 2.45) is 0 Å². The van der Waals surface area contributed by atoms with E-state index in [-0.39, 0.29) is 23.4 Å². The molecule has 0 unspecified atom stereocenters. The smallest absolute Gasteiger partial charge is 0.264 e. The third-order valence-corrected chi connectivity index (χ3v) is 8.03. The molecule has 7 nitrogen and oxygen atoms in total. The van der Waals surface area contributed by atoms with Crippen LogP contribution in [0.1, 0.15) is 39.2 Å². The van der Waals surface area contributed by atoms with Crippen LogP contribution in [-0.4, -0.2) is 43.8 Å². The normalized spacial score (nSPS) is 12.8. The summed E-state index contributed by atoms with van der Waals surface area (Å²) >= 11 is 0. The Hall–Kier alpha value is -3.65. The summed E-state index contributed by atoms with van der Waals surface area (Å²) in [4.78, 5) is 28.7. The molecule has 0 spiro atoms. The van der Waals surface area contributed by atoms with Gasteiger partial charge in [0.2, 0.25) is 11.8 Å². The molecule has 0 fully saturated rings. The summed E-state index contributed by atoms with van der Waals surface area (Å²) in [6, 6.07) is 25.2. The number of carbonyl (C=O) groups is 2. The van der Waals surface area contributed by atoms with Gasteiger partial charge in [0.15, 0.2) is 0 Å². The van der Waals surface area contributed by atoms with Crippen molar-refractivity contribution in [2.75, 3.05) is 10.8 Å². The molecule has 0 saturated carbocycles. The van der Waals surface area contributed by atoms with Gasteiger partial charge < -0.3 is 10.2 Å². The Labute approximate surface area is 220 Å². The number of para-hydroxylation sites is 1. The molecule has 0 radical (unpaired) electrons. The second kappa shape index (κ2) is 13.1. The number of rotatable bonds is 12. The Morgan fingerprint density at radius 3 is 1.89 bits per heavy atom. The lowest BCUT2D eigenvalue weighted by molar-refractivity contribution is -0.140. The van der Waals surface area contributed by atoms with Crippen LogP contribution in [0.4, 0.5) is 5.69 Å². The molecule has 196 valence electrons. The molecular formula is C29H35N3O4S. The van der Waals surface area contributed by atoms with Crippen LogP contribution >= 0.6 is 0 Å². The van der Waals surface area contributed by atoms with Gasteiger partial charge in [-0.25, -0.2) is 8.42 Å². The van der Waals surface area contributed by atoms with Crippen molar-refractivity contribution in [3.63, 3.8) is 0 Å². The Morgan fingerprint density at radius 1 is 0.811 bits per heavy atom. The number of hydrogen-bond donors (Lipinski definition) is 1. The van der Waals surface area contributed by atoms with Crippen LogP contribution in [0.3, 0.4) is 0 Å². The fourth-order valence-corrected chi connectivity index (χ4v) is 5.42. The van der Waals surface area contributed by atoms with E-state index in [9.17, 15) is 18.0 Å². The molecule has 0 bridgehead atoms. The van der Waals surface area contributed by atoms with Crippen molar-refractivity contribution in [1.29, 1.82) is 0 Å². The second-order valence-corrected chi connectivity index (χ2v) is 10.8. The summed E-state index contributed by atoms with van der Waals surface area (Å²) in [7, 11) is -4.05.